The smallest absolute Gasteiger partial charge is 0.341 e. The molecule has 1 amide bonds. The number of aromatic carboxylic acids is 1. The molecule has 0 saturated heterocycles. The van der Waals surface area contributed by atoms with E-state index in [1.165, 1.54) is 18.2 Å². The molecule has 8 nitrogen and oxygen atoms in total. The average molecular weight is 513 g/mol. The number of carbonyl (C=O) groups excluding carboxylic acids is 2. The Kier molecular flexibility index (Phi) is 7.62. The monoisotopic (exact) mass is 512 g/mol. The molecule has 0 spiro atoms. The zero-order valence-electron chi connectivity index (χ0n) is 19.6. The summed E-state index contributed by atoms with van der Waals surface area (Å²) < 4.78 is 10.9. The van der Waals surface area contributed by atoms with Crippen LogP contribution >= 0.6 is 11.3 Å². The number of carboxylic acids is 1. The van der Waals surface area contributed by atoms with E-state index in [1.807, 2.05) is 36.4 Å². The van der Waals surface area contributed by atoms with E-state index in [9.17, 15) is 19.6 Å². The lowest BCUT2D eigenvalue weighted by molar-refractivity contribution is -0.112. The molecule has 2 heterocycles. The Balaban J connectivity index is 1.59. The summed E-state index contributed by atoms with van der Waals surface area (Å²) >= 11 is 1.16. The fraction of sp³-hybridized carbons (Fsp3) is 0.0714. The van der Waals surface area contributed by atoms with Crippen LogP contribution in [0.15, 0.2) is 82.1 Å². The van der Waals surface area contributed by atoms with E-state index >= 15 is 0 Å². The van der Waals surface area contributed by atoms with Crippen molar-refractivity contribution in [2.45, 2.75) is 6.92 Å². The molecule has 0 aliphatic carbocycles. The largest absolute Gasteiger partial charge is 0.478 e. The molecule has 2 aromatic carbocycles. The van der Waals surface area contributed by atoms with Gasteiger partial charge in [-0.15, -0.1) is 11.3 Å². The average Bonchev–Trinajstić information content (AvgIpc) is 3.55. The van der Waals surface area contributed by atoms with E-state index in [4.69, 9.17) is 14.3 Å². The maximum Gasteiger partial charge on any atom is 0.341 e. The molecule has 0 saturated carbocycles. The van der Waals surface area contributed by atoms with Crippen LogP contribution in [0.2, 0.25) is 0 Å². The van der Waals surface area contributed by atoms with Crippen LogP contribution in [0.25, 0.3) is 28.5 Å². The van der Waals surface area contributed by atoms with E-state index < -0.39 is 17.8 Å². The molecule has 0 bridgehead atoms. The number of ether oxygens (including phenoxy) is 1. The number of anilines is 1. The number of carboxylic acid groups (broad SMARTS) is 1. The summed E-state index contributed by atoms with van der Waals surface area (Å²) in [5.74, 6) is -1.63. The minimum absolute atomic E-state index is 0.144. The van der Waals surface area contributed by atoms with E-state index in [0.717, 1.165) is 16.9 Å². The molecule has 0 fully saturated rings. The Bertz CT molecular complexity index is 1520. The lowest BCUT2D eigenvalue weighted by Gasteiger charge is -2.08. The molecule has 4 rings (SSSR count). The predicted octanol–water partition coefficient (Wildman–Crippen LogP) is 6.10. The number of rotatable bonds is 8. The summed E-state index contributed by atoms with van der Waals surface area (Å²) in [4.78, 5) is 36.7. The summed E-state index contributed by atoms with van der Waals surface area (Å²) in [6.07, 6.45) is 1.29. The quantitative estimate of drug-likeness (QED) is 0.166. The third kappa shape index (κ3) is 5.66. The van der Waals surface area contributed by atoms with Crippen LogP contribution in [0, 0.1) is 11.3 Å². The Morgan fingerprint density at radius 1 is 1.05 bits per heavy atom. The molecule has 2 aromatic heterocycles. The van der Waals surface area contributed by atoms with Gasteiger partial charge in [0.2, 0.25) is 0 Å². The fourth-order valence-corrected chi connectivity index (χ4v) is 4.46. The molecule has 9 heteroatoms. The zero-order valence-corrected chi connectivity index (χ0v) is 20.4. The van der Waals surface area contributed by atoms with Gasteiger partial charge >= 0.3 is 11.9 Å². The minimum atomic E-state index is -1.04. The van der Waals surface area contributed by atoms with Crippen molar-refractivity contribution < 1.29 is 28.6 Å². The van der Waals surface area contributed by atoms with E-state index in [1.54, 1.807) is 36.6 Å². The highest BCUT2D eigenvalue weighted by Gasteiger charge is 2.24. The zero-order chi connectivity index (χ0) is 26.4. The van der Waals surface area contributed by atoms with Crippen molar-refractivity contribution in [1.29, 1.82) is 5.26 Å². The number of nitriles is 1. The number of benzene rings is 2. The van der Waals surface area contributed by atoms with Gasteiger partial charge in [0.05, 0.1) is 12.2 Å². The molecular formula is C28H20N2O6S. The predicted molar refractivity (Wildman–Crippen MR) is 139 cm³/mol. The number of hydrogen-bond acceptors (Lipinski definition) is 7. The lowest BCUT2D eigenvalue weighted by atomic mass is 10.0. The van der Waals surface area contributed by atoms with Crippen molar-refractivity contribution in [3.8, 4) is 28.5 Å². The van der Waals surface area contributed by atoms with Gasteiger partial charge in [0.15, 0.2) is 0 Å². The van der Waals surface area contributed by atoms with Gasteiger partial charge in [-0.2, -0.15) is 5.26 Å². The highest BCUT2D eigenvalue weighted by atomic mass is 32.1. The minimum Gasteiger partial charge on any atom is -0.478 e. The summed E-state index contributed by atoms with van der Waals surface area (Å²) in [6.45, 7) is 1.86. The number of nitrogens with one attached hydrogen (secondary N) is 1. The number of furan rings is 1. The summed E-state index contributed by atoms with van der Waals surface area (Å²) in [6, 6.07) is 20.5. The van der Waals surface area contributed by atoms with Crippen LogP contribution in [0.5, 0.6) is 0 Å². The standard InChI is InChI=1S/C28H20N2O6S/c1-2-35-28(34)24-22(17-6-4-3-5-7-17)16-37-26(24)30-25(31)20(15-29)14-21-12-13-23(36-21)18-8-10-19(11-9-18)27(32)33/h3-14,16H,2H2,1H3,(H,30,31)(H,32,33). The summed E-state index contributed by atoms with van der Waals surface area (Å²) in [5.41, 5.74) is 2.17. The van der Waals surface area contributed by atoms with Gasteiger partial charge in [0.1, 0.15) is 33.7 Å². The molecule has 0 aliphatic heterocycles. The van der Waals surface area contributed by atoms with Gasteiger partial charge in [0, 0.05) is 22.6 Å². The molecule has 184 valence electrons. The molecule has 4 aromatic rings. The van der Waals surface area contributed by atoms with Gasteiger partial charge in [0.25, 0.3) is 5.91 Å². The number of hydrogen-bond donors (Lipinski definition) is 2. The van der Waals surface area contributed by atoms with Gasteiger partial charge in [-0.25, -0.2) is 9.59 Å². The molecule has 0 unspecified atom stereocenters. The third-order valence-corrected chi connectivity index (χ3v) is 6.17. The van der Waals surface area contributed by atoms with Crippen LogP contribution in [-0.4, -0.2) is 29.6 Å². The summed E-state index contributed by atoms with van der Waals surface area (Å²) in [5, 5.41) is 23.3. The van der Waals surface area contributed by atoms with Gasteiger partial charge in [-0.05, 0) is 36.8 Å². The number of amides is 1. The van der Waals surface area contributed by atoms with Crippen molar-refractivity contribution in [2.24, 2.45) is 0 Å². The van der Waals surface area contributed by atoms with Crippen molar-refractivity contribution in [1.82, 2.24) is 0 Å². The Morgan fingerprint density at radius 3 is 2.43 bits per heavy atom. The second-order valence-electron chi connectivity index (χ2n) is 7.65. The highest BCUT2D eigenvalue weighted by Crippen LogP contribution is 2.36. The lowest BCUT2D eigenvalue weighted by Crippen LogP contribution is -2.16. The second-order valence-corrected chi connectivity index (χ2v) is 8.53. The molecule has 37 heavy (non-hydrogen) atoms. The molecule has 2 N–H and O–H groups in total. The maximum absolute atomic E-state index is 13.0. The van der Waals surface area contributed by atoms with Gasteiger partial charge in [-0.1, -0.05) is 42.5 Å². The third-order valence-electron chi connectivity index (χ3n) is 5.28. The Hall–Kier alpha value is -4.94. The first-order chi connectivity index (χ1) is 17.9. The van der Waals surface area contributed by atoms with Crippen molar-refractivity contribution >= 4 is 40.3 Å². The summed E-state index contributed by atoms with van der Waals surface area (Å²) in [7, 11) is 0. The topological polar surface area (TPSA) is 130 Å². The van der Waals surface area contributed by atoms with Crippen LogP contribution in [0.1, 0.15) is 33.4 Å². The Morgan fingerprint density at radius 2 is 1.78 bits per heavy atom. The van der Waals surface area contributed by atoms with Crippen molar-refractivity contribution in [2.75, 3.05) is 11.9 Å². The molecule has 0 atom stereocenters. The van der Waals surface area contributed by atoms with E-state index in [2.05, 4.69) is 5.32 Å². The fourth-order valence-electron chi connectivity index (χ4n) is 3.51. The van der Waals surface area contributed by atoms with Gasteiger partial charge in [-0.3, -0.25) is 4.79 Å². The number of carbonyl (C=O) groups is 3. The Labute approximate surface area is 216 Å². The molecule has 0 radical (unpaired) electrons. The molecular weight excluding hydrogens is 492 g/mol. The van der Waals surface area contributed by atoms with Crippen molar-refractivity contribution in [3.63, 3.8) is 0 Å². The van der Waals surface area contributed by atoms with Crippen LogP contribution in [0.4, 0.5) is 5.00 Å². The molecule has 0 aliphatic rings. The van der Waals surface area contributed by atoms with Crippen LogP contribution in [0.3, 0.4) is 0 Å². The van der Waals surface area contributed by atoms with Crippen LogP contribution in [-0.2, 0) is 9.53 Å². The second kappa shape index (κ2) is 11.2. The van der Waals surface area contributed by atoms with Crippen LogP contribution < -0.4 is 5.32 Å². The van der Waals surface area contributed by atoms with E-state index in [0.29, 0.717) is 16.9 Å². The highest BCUT2D eigenvalue weighted by molar-refractivity contribution is 7.15. The normalized spacial score (nSPS) is 11.0. The first-order valence-electron chi connectivity index (χ1n) is 11.1. The number of esters is 1. The van der Waals surface area contributed by atoms with Gasteiger partial charge < -0.3 is 19.6 Å². The first-order valence-corrected chi connectivity index (χ1v) is 12.0. The number of thiophene rings is 1. The first kappa shape index (κ1) is 25.2. The maximum atomic E-state index is 13.0. The van der Waals surface area contributed by atoms with E-state index in [-0.39, 0.29) is 34.1 Å². The SMILES string of the molecule is CCOC(=O)c1c(-c2ccccc2)csc1NC(=O)C(C#N)=Cc1ccc(-c2ccc(C(=O)O)cc2)o1. The van der Waals surface area contributed by atoms with Crippen molar-refractivity contribution in [3.05, 3.63) is 94.6 Å². The number of nitrogens with zero attached hydrogens (tertiary/aromatic N) is 1.